The number of rotatable bonds is 5. The zero-order valence-corrected chi connectivity index (χ0v) is 16.0. The van der Waals surface area contributed by atoms with E-state index in [2.05, 4.69) is 21.0 Å². The number of aryl methyl sites for hydroxylation is 1. The van der Waals surface area contributed by atoms with E-state index in [1.807, 2.05) is 36.0 Å². The van der Waals surface area contributed by atoms with Crippen molar-refractivity contribution < 1.29 is 8.42 Å². The van der Waals surface area contributed by atoms with Gasteiger partial charge in [-0.15, -0.1) is 0 Å². The summed E-state index contributed by atoms with van der Waals surface area (Å²) >= 11 is 0. The first-order valence-electron chi connectivity index (χ1n) is 8.73. The van der Waals surface area contributed by atoms with Gasteiger partial charge in [0.05, 0.1) is 29.5 Å². The van der Waals surface area contributed by atoms with E-state index in [0.717, 1.165) is 28.0 Å². The molecule has 0 radical (unpaired) electrons. The molecule has 0 aliphatic carbocycles. The Labute approximate surface area is 157 Å². The predicted octanol–water partition coefficient (Wildman–Crippen LogP) is 2.01. The number of hydrogen-bond acceptors (Lipinski definition) is 5. The molecule has 1 aliphatic rings. The van der Waals surface area contributed by atoms with E-state index in [1.165, 1.54) is 10.6 Å². The SMILES string of the molecule is CCS(=O)(=O)N1CC(CC#N)(n2cc(-c3ncnc4[nH]ccc34)cc2C)C1. The summed E-state index contributed by atoms with van der Waals surface area (Å²) in [6.45, 7) is 4.23. The molecule has 9 heteroatoms. The summed E-state index contributed by atoms with van der Waals surface area (Å²) in [6.07, 6.45) is 5.56. The fourth-order valence-electron chi connectivity index (χ4n) is 3.80. The van der Waals surface area contributed by atoms with Crippen molar-refractivity contribution in [3.05, 3.63) is 36.5 Å². The Morgan fingerprint density at radius 1 is 1.37 bits per heavy atom. The molecule has 1 N–H and O–H groups in total. The number of nitrogens with zero attached hydrogens (tertiary/aromatic N) is 5. The van der Waals surface area contributed by atoms with Crippen LogP contribution in [-0.2, 0) is 15.6 Å². The van der Waals surface area contributed by atoms with Gasteiger partial charge >= 0.3 is 0 Å². The van der Waals surface area contributed by atoms with Gasteiger partial charge in [0.25, 0.3) is 0 Å². The second kappa shape index (κ2) is 6.18. The van der Waals surface area contributed by atoms with Crippen molar-refractivity contribution in [2.45, 2.75) is 25.8 Å². The highest BCUT2D eigenvalue weighted by atomic mass is 32.2. The molecule has 140 valence electrons. The number of H-pyrrole nitrogens is 1. The van der Waals surface area contributed by atoms with E-state index in [4.69, 9.17) is 0 Å². The second-order valence-electron chi connectivity index (χ2n) is 6.93. The van der Waals surface area contributed by atoms with Crippen molar-refractivity contribution >= 4 is 21.1 Å². The lowest BCUT2D eigenvalue weighted by molar-refractivity contribution is 0.0832. The van der Waals surface area contributed by atoms with Crippen molar-refractivity contribution in [2.24, 2.45) is 0 Å². The molecule has 0 aromatic carbocycles. The Hall–Kier alpha value is -2.70. The molecular formula is C18H20N6O2S. The minimum atomic E-state index is -3.25. The maximum Gasteiger partial charge on any atom is 0.213 e. The molecule has 4 rings (SSSR count). The third-order valence-electron chi connectivity index (χ3n) is 5.26. The van der Waals surface area contributed by atoms with E-state index in [9.17, 15) is 13.7 Å². The minimum absolute atomic E-state index is 0.0674. The summed E-state index contributed by atoms with van der Waals surface area (Å²) in [5, 5.41) is 10.3. The van der Waals surface area contributed by atoms with Gasteiger partial charge in [0, 0.05) is 42.1 Å². The van der Waals surface area contributed by atoms with Gasteiger partial charge < -0.3 is 9.55 Å². The van der Waals surface area contributed by atoms with Crippen LogP contribution in [0.4, 0.5) is 0 Å². The van der Waals surface area contributed by atoms with Gasteiger partial charge in [-0.3, -0.25) is 0 Å². The summed E-state index contributed by atoms with van der Waals surface area (Å²) in [5.41, 5.74) is 2.93. The Bertz CT molecular complexity index is 1150. The fourth-order valence-corrected chi connectivity index (χ4v) is 5.04. The quantitative estimate of drug-likeness (QED) is 0.724. The lowest BCUT2D eigenvalue weighted by Crippen LogP contribution is -2.64. The molecule has 4 heterocycles. The van der Waals surface area contributed by atoms with Crippen molar-refractivity contribution in [1.82, 2.24) is 23.8 Å². The number of fused-ring (bicyclic) bond motifs is 1. The van der Waals surface area contributed by atoms with E-state index in [-0.39, 0.29) is 12.2 Å². The maximum absolute atomic E-state index is 12.1. The smallest absolute Gasteiger partial charge is 0.213 e. The Kier molecular flexibility index (Phi) is 4.05. The molecule has 1 aliphatic heterocycles. The van der Waals surface area contributed by atoms with E-state index in [0.29, 0.717) is 13.1 Å². The molecule has 0 spiro atoms. The van der Waals surface area contributed by atoms with Gasteiger partial charge in [0.1, 0.15) is 12.0 Å². The molecule has 1 saturated heterocycles. The zero-order chi connectivity index (χ0) is 19.2. The van der Waals surface area contributed by atoms with Crippen LogP contribution in [0.25, 0.3) is 22.3 Å². The predicted molar refractivity (Wildman–Crippen MR) is 101 cm³/mol. The average Bonchev–Trinajstić information content (AvgIpc) is 3.24. The van der Waals surface area contributed by atoms with Crippen LogP contribution < -0.4 is 0 Å². The van der Waals surface area contributed by atoms with Crippen LogP contribution in [0.15, 0.2) is 30.9 Å². The monoisotopic (exact) mass is 384 g/mol. The number of hydrogen-bond donors (Lipinski definition) is 1. The van der Waals surface area contributed by atoms with Crippen LogP contribution >= 0.6 is 0 Å². The van der Waals surface area contributed by atoms with Gasteiger partial charge in [-0.1, -0.05) is 0 Å². The topological polar surface area (TPSA) is 108 Å². The van der Waals surface area contributed by atoms with Gasteiger partial charge in [-0.25, -0.2) is 18.4 Å². The highest BCUT2D eigenvalue weighted by molar-refractivity contribution is 7.89. The fraction of sp³-hybridized carbons (Fsp3) is 0.389. The van der Waals surface area contributed by atoms with E-state index >= 15 is 0 Å². The molecule has 1 fully saturated rings. The second-order valence-corrected chi connectivity index (χ2v) is 9.19. The third kappa shape index (κ3) is 2.72. The third-order valence-corrected chi connectivity index (χ3v) is 7.03. The van der Waals surface area contributed by atoms with Gasteiger partial charge in [-0.05, 0) is 26.0 Å². The number of nitriles is 1. The van der Waals surface area contributed by atoms with Crippen LogP contribution in [0.3, 0.4) is 0 Å². The van der Waals surface area contributed by atoms with Gasteiger partial charge in [0.15, 0.2) is 0 Å². The standard InChI is InChI=1S/C18H20N6O2S/c1-3-27(25,26)23-10-18(11-23,5-6-19)24-9-14(8-13(24)2)16-15-4-7-20-17(15)22-12-21-16/h4,7-9,12H,3,5,10-11H2,1-2H3,(H,20,21,22). The van der Waals surface area contributed by atoms with Crippen LogP contribution in [0.2, 0.25) is 0 Å². The van der Waals surface area contributed by atoms with E-state index < -0.39 is 15.6 Å². The summed E-state index contributed by atoms with van der Waals surface area (Å²) < 4.78 is 27.8. The van der Waals surface area contributed by atoms with Crippen LogP contribution in [0.5, 0.6) is 0 Å². The first-order valence-corrected chi connectivity index (χ1v) is 10.3. The first-order chi connectivity index (χ1) is 12.9. The molecule has 0 unspecified atom stereocenters. The molecular weight excluding hydrogens is 364 g/mol. The van der Waals surface area contributed by atoms with Crippen LogP contribution in [0.1, 0.15) is 19.0 Å². The Morgan fingerprint density at radius 3 is 2.85 bits per heavy atom. The lowest BCUT2D eigenvalue weighted by atomic mass is 9.88. The zero-order valence-electron chi connectivity index (χ0n) is 15.2. The van der Waals surface area contributed by atoms with Gasteiger partial charge in [-0.2, -0.15) is 9.57 Å². The summed E-state index contributed by atoms with van der Waals surface area (Å²) in [4.78, 5) is 11.7. The Balaban J connectivity index is 1.74. The summed E-state index contributed by atoms with van der Waals surface area (Å²) in [5.74, 6) is 0.0674. The molecule has 0 bridgehead atoms. The highest BCUT2D eigenvalue weighted by Crippen LogP contribution is 2.38. The molecule has 3 aromatic heterocycles. The number of aromatic amines is 1. The normalized spacial score (nSPS) is 16.9. The van der Waals surface area contributed by atoms with Crippen molar-refractivity contribution in [2.75, 3.05) is 18.8 Å². The summed E-state index contributed by atoms with van der Waals surface area (Å²) in [6, 6.07) is 6.18. The van der Waals surface area contributed by atoms with Gasteiger partial charge in [0.2, 0.25) is 10.0 Å². The van der Waals surface area contributed by atoms with Crippen molar-refractivity contribution in [3.8, 4) is 17.3 Å². The lowest BCUT2D eigenvalue weighted by Gasteiger charge is -2.49. The molecule has 27 heavy (non-hydrogen) atoms. The molecule has 8 nitrogen and oxygen atoms in total. The molecule has 0 atom stereocenters. The molecule has 0 amide bonds. The first kappa shape index (κ1) is 17.7. The van der Waals surface area contributed by atoms with Crippen LogP contribution in [-0.4, -0.2) is 51.1 Å². The number of nitrogens with one attached hydrogen (secondary N) is 1. The average molecular weight is 384 g/mol. The minimum Gasteiger partial charge on any atom is -0.346 e. The van der Waals surface area contributed by atoms with Crippen molar-refractivity contribution in [1.29, 1.82) is 5.26 Å². The highest BCUT2D eigenvalue weighted by Gasteiger charge is 2.49. The summed E-state index contributed by atoms with van der Waals surface area (Å²) in [7, 11) is -3.25. The number of aromatic nitrogens is 4. The largest absolute Gasteiger partial charge is 0.346 e. The molecule has 3 aromatic rings. The van der Waals surface area contributed by atoms with Crippen molar-refractivity contribution in [3.63, 3.8) is 0 Å². The molecule has 0 saturated carbocycles. The maximum atomic E-state index is 12.1. The van der Waals surface area contributed by atoms with Crippen LogP contribution in [0, 0.1) is 18.3 Å². The number of sulfonamides is 1. The Morgan fingerprint density at radius 2 is 2.15 bits per heavy atom. The van der Waals surface area contributed by atoms with E-state index in [1.54, 1.807) is 6.92 Å².